The second kappa shape index (κ2) is 6.05. The number of hydrogen-bond donors (Lipinski definition) is 2. The first kappa shape index (κ1) is 14.8. The lowest BCUT2D eigenvalue weighted by molar-refractivity contribution is 1.26. The highest BCUT2D eigenvalue weighted by Gasteiger charge is 2.12. The maximum atomic E-state index is 7.38. The van der Waals surface area contributed by atoms with Gasteiger partial charge in [-0.2, -0.15) is 0 Å². The van der Waals surface area contributed by atoms with Gasteiger partial charge in [0, 0.05) is 5.56 Å². The highest BCUT2D eigenvalue weighted by Crippen LogP contribution is 2.32. The number of benzene rings is 1. The summed E-state index contributed by atoms with van der Waals surface area (Å²) in [5.41, 5.74) is 7.08. The molecule has 3 N–H and O–H groups in total. The van der Waals surface area contributed by atoms with E-state index in [1.807, 2.05) is 30.3 Å². The number of halogens is 3. The van der Waals surface area contributed by atoms with Gasteiger partial charge < -0.3 is 5.73 Å². The van der Waals surface area contributed by atoms with E-state index < -0.39 is 0 Å². The quantitative estimate of drug-likeness (QED) is 0.655. The summed E-state index contributed by atoms with van der Waals surface area (Å²) in [4.78, 5) is 4.24. The zero-order valence-electron chi connectivity index (χ0n) is 9.15. The van der Waals surface area contributed by atoms with E-state index in [4.69, 9.17) is 34.3 Å². The smallest absolute Gasteiger partial charge is 0.141 e. The zero-order valence-corrected chi connectivity index (χ0v) is 11.5. The van der Waals surface area contributed by atoms with Crippen molar-refractivity contribution in [3.05, 3.63) is 52.1 Å². The van der Waals surface area contributed by atoms with Crippen LogP contribution in [0.4, 0.5) is 0 Å². The third kappa shape index (κ3) is 2.93. The van der Waals surface area contributed by atoms with Gasteiger partial charge in [-0.3, -0.25) is 5.41 Å². The summed E-state index contributed by atoms with van der Waals surface area (Å²) in [6.45, 7) is 0. The standard InChI is InChI=1S/C12H9Cl2N3.ClH/c13-8-6-9(12(15)16)17-11(10(8)14)7-4-2-1-3-5-7;/h1-6H,(H3,15,16);1H. The lowest BCUT2D eigenvalue weighted by Gasteiger charge is -2.08. The first-order valence-corrected chi connectivity index (χ1v) is 5.61. The van der Waals surface area contributed by atoms with Crippen molar-refractivity contribution in [2.45, 2.75) is 0 Å². The molecule has 0 radical (unpaired) electrons. The summed E-state index contributed by atoms with van der Waals surface area (Å²) < 4.78 is 0. The summed E-state index contributed by atoms with van der Waals surface area (Å²) in [5, 5.41) is 8.08. The molecule has 0 aliphatic carbocycles. The molecule has 6 heteroatoms. The molecule has 0 amide bonds. The van der Waals surface area contributed by atoms with E-state index in [0.717, 1.165) is 5.56 Å². The summed E-state index contributed by atoms with van der Waals surface area (Å²) >= 11 is 12.1. The first-order chi connectivity index (χ1) is 8.09. The Morgan fingerprint density at radius 3 is 2.33 bits per heavy atom. The van der Waals surface area contributed by atoms with Crippen molar-refractivity contribution in [1.29, 1.82) is 5.41 Å². The Morgan fingerprint density at radius 1 is 1.17 bits per heavy atom. The van der Waals surface area contributed by atoms with Crippen molar-refractivity contribution in [3.63, 3.8) is 0 Å². The Kier molecular flexibility index (Phi) is 4.96. The van der Waals surface area contributed by atoms with Gasteiger partial charge in [-0.1, -0.05) is 53.5 Å². The molecule has 0 aliphatic heterocycles. The van der Waals surface area contributed by atoms with Gasteiger partial charge in [0.05, 0.1) is 15.7 Å². The minimum atomic E-state index is -0.138. The molecular weight excluding hydrogens is 293 g/mol. The van der Waals surface area contributed by atoms with Crippen LogP contribution >= 0.6 is 35.6 Å². The van der Waals surface area contributed by atoms with E-state index in [0.29, 0.717) is 21.4 Å². The molecule has 1 heterocycles. The molecule has 0 saturated carbocycles. The van der Waals surface area contributed by atoms with E-state index in [2.05, 4.69) is 4.98 Å². The molecular formula is C12H10Cl3N3. The first-order valence-electron chi connectivity index (χ1n) is 4.85. The fourth-order valence-corrected chi connectivity index (χ4v) is 1.82. The van der Waals surface area contributed by atoms with Gasteiger partial charge in [0.1, 0.15) is 11.5 Å². The molecule has 0 saturated heterocycles. The summed E-state index contributed by atoms with van der Waals surface area (Å²) in [6, 6.07) is 10.9. The molecule has 0 aliphatic rings. The average Bonchev–Trinajstić information content (AvgIpc) is 2.33. The Morgan fingerprint density at radius 2 is 1.78 bits per heavy atom. The average molecular weight is 303 g/mol. The van der Waals surface area contributed by atoms with Crippen molar-refractivity contribution in [2.24, 2.45) is 5.73 Å². The lowest BCUT2D eigenvalue weighted by Crippen LogP contribution is -2.13. The van der Waals surface area contributed by atoms with Gasteiger partial charge in [-0.25, -0.2) is 4.98 Å². The fraction of sp³-hybridized carbons (Fsp3) is 0. The largest absolute Gasteiger partial charge is 0.382 e. The van der Waals surface area contributed by atoms with Crippen molar-refractivity contribution >= 4 is 41.4 Å². The molecule has 3 nitrogen and oxygen atoms in total. The number of nitrogens with one attached hydrogen (secondary N) is 1. The maximum Gasteiger partial charge on any atom is 0.141 e. The topological polar surface area (TPSA) is 62.8 Å². The van der Waals surface area contributed by atoms with Crippen molar-refractivity contribution in [3.8, 4) is 11.3 Å². The lowest BCUT2D eigenvalue weighted by atomic mass is 10.1. The molecule has 2 aromatic rings. The van der Waals surface area contributed by atoms with Gasteiger partial charge in [0.25, 0.3) is 0 Å². The van der Waals surface area contributed by atoms with Gasteiger partial charge in [0.2, 0.25) is 0 Å². The number of nitrogens with zero attached hydrogens (tertiary/aromatic N) is 1. The molecule has 1 aromatic carbocycles. The van der Waals surface area contributed by atoms with Crippen molar-refractivity contribution < 1.29 is 0 Å². The van der Waals surface area contributed by atoms with Crippen molar-refractivity contribution in [1.82, 2.24) is 4.98 Å². The van der Waals surface area contributed by atoms with Crippen LogP contribution < -0.4 is 5.73 Å². The third-order valence-corrected chi connectivity index (χ3v) is 3.01. The molecule has 0 fully saturated rings. The predicted octanol–water partition coefficient (Wildman–Crippen LogP) is 3.76. The van der Waals surface area contributed by atoms with Crippen LogP contribution in [0.15, 0.2) is 36.4 Å². The summed E-state index contributed by atoms with van der Waals surface area (Å²) in [6.07, 6.45) is 0. The minimum Gasteiger partial charge on any atom is -0.382 e. The molecule has 94 valence electrons. The van der Waals surface area contributed by atoms with Crippen LogP contribution in [-0.4, -0.2) is 10.8 Å². The number of aromatic nitrogens is 1. The highest BCUT2D eigenvalue weighted by atomic mass is 35.5. The molecule has 0 bridgehead atoms. The van der Waals surface area contributed by atoms with E-state index in [1.54, 1.807) is 0 Å². The number of nitrogen functional groups attached to an aromatic ring is 1. The predicted molar refractivity (Wildman–Crippen MR) is 78.0 cm³/mol. The number of nitrogens with two attached hydrogens (primary N) is 1. The SMILES string of the molecule is Cl.N=C(N)c1cc(Cl)c(Cl)c(-c2ccccc2)n1. The van der Waals surface area contributed by atoms with Crippen LogP contribution in [0.5, 0.6) is 0 Å². The van der Waals surface area contributed by atoms with E-state index >= 15 is 0 Å². The van der Waals surface area contributed by atoms with Crippen molar-refractivity contribution in [2.75, 3.05) is 0 Å². The Labute approximate surface area is 121 Å². The number of amidine groups is 1. The fourth-order valence-electron chi connectivity index (χ4n) is 1.42. The molecule has 0 unspecified atom stereocenters. The van der Waals surface area contributed by atoms with E-state index in [9.17, 15) is 0 Å². The van der Waals surface area contributed by atoms with Gasteiger partial charge in [-0.15, -0.1) is 12.4 Å². The van der Waals surface area contributed by atoms with Crippen LogP contribution in [0.3, 0.4) is 0 Å². The molecule has 2 rings (SSSR count). The van der Waals surface area contributed by atoms with Gasteiger partial charge in [0.15, 0.2) is 0 Å². The van der Waals surface area contributed by atoms with Crippen LogP contribution in [0.1, 0.15) is 5.69 Å². The monoisotopic (exact) mass is 301 g/mol. The number of pyridine rings is 1. The zero-order chi connectivity index (χ0) is 12.4. The minimum absolute atomic E-state index is 0. The second-order valence-corrected chi connectivity index (χ2v) is 4.22. The van der Waals surface area contributed by atoms with Crippen LogP contribution in [-0.2, 0) is 0 Å². The third-order valence-electron chi connectivity index (χ3n) is 2.24. The van der Waals surface area contributed by atoms with Crippen LogP contribution in [0.25, 0.3) is 11.3 Å². The molecule has 0 spiro atoms. The molecule has 1 aromatic heterocycles. The molecule has 18 heavy (non-hydrogen) atoms. The van der Waals surface area contributed by atoms with Crippen LogP contribution in [0.2, 0.25) is 10.0 Å². The van der Waals surface area contributed by atoms with Gasteiger partial charge >= 0.3 is 0 Å². The Hall–Kier alpha value is -1.29. The normalized spacial score (nSPS) is 9.67. The highest BCUT2D eigenvalue weighted by molar-refractivity contribution is 6.43. The van der Waals surface area contributed by atoms with E-state index in [1.165, 1.54) is 6.07 Å². The summed E-state index contributed by atoms with van der Waals surface area (Å²) in [5.74, 6) is -0.138. The Balaban J connectivity index is 0.00000162. The van der Waals surface area contributed by atoms with E-state index in [-0.39, 0.29) is 18.2 Å². The maximum absolute atomic E-state index is 7.38. The number of rotatable bonds is 2. The molecule has 0 atom stereocenters. The summed E-state index contributed by atoms with van der Waals surface area (Å²) in [7, 11) is 0. The van der Waals surface area contributed by atoms with Crippen LogP contribution in [0, 0.1) is 5.41 Å². The van der Waals surface area contributed by atoms with Gasteiger partial charge in [-0.05, 0) is 6.07 Å². The second-order valence-electron chi connectivity index (χ2n) is 3.43. The number of hydrogen-bond acceptors (Lipinski definition) is 2. The Bertz CT molecular complexity index is 570.